The molecule has 0 saturated carbocycles. The molecule has 0 aliphatic heterocycles. The third kappa shape index (κ3) is 52.2. The van der Waals surface area contributed by atoms with Crippen molar-refractivity contribution in [3.63, 3.8) is 0 Å². The Morgan fingerprint density at radius 1 is 0.323 bits per heavy atom. The molecule has 378 valence electrons. The largest absolute Gasteiger partial charge is 0.462 e. The zero-order chi connectivity index (χ0) is 47.2. The van der Waals surface area contributed by atoms with E-state index in [1.807, 2.05) is 0 Å². The van der Waals surface area contributed by atoms with Gasteiger partial charge in [-0.2, -0.15) is 0 Å². The van der Waals surface area contributed by atoms with Gasteiger partial charge in [-0.05, 0) is 57.8 Å². The molecule has 0 bridgehead atoms. The molecule has 0 radical (unpaired) electrons. The van der Waals surface area contributed by atoms with E-state index < -0.39 is 6.10 Å². The molecule has 0 aromatic heterocycles. The zero-order valence-electron chi connectivity index (χ0n) is 43.3. The lowest BCUT2D eigenvalue weighted by Crippen LogP contribution is -2.30. The van der Waals surface area contributed by atoms with E-state index in [0.717, 1.165) is 89.9 Å². The van der Waals surface area contributed by atoms with Crippen LogP contribution in [-0.2, 0) is 28.6 Å². The van der Waals surface area contributed by atoms with Gasteiger partial charge in [-0.1, -0.05) is 262 Å². The van der Waals surface area contributed by atoms with Crippen molar-refractivity contribution in [3.05, 3.63) is 48.6 Å². The Hall–Kier alpha value is -2.63. The predicted octanol–water partition coefficient (Wildman–Crippen LogP) is 18.7. The van der Waals surface area contributed by atoms with Crippen molar-refractivity contribution < 1.29 is 28.6 Å². The average Bonchev–Trinajstić information content (AvgIpc) is 3.30. The van der Waals surface area contributed by atoms with E-state index in [2.05, 4.69) is 69.4 Å². The molecule has 0 aliphatic carbocycles. The van der Waals surface area contributed by atoms with Gasteiger partial charge < -0.3 is 14.2 Å². The molecule has 1 atom stereocenters. The standard InChI is InChI=1S/C59H106O6/c1-4-7-10-13-15-17-19-21-23-25-26-27-28-29-30-31-32-34-35-37-39-41-43-46-49-52-58(61)64-55-56(54-63-57(60)51-48-45-12-9-6-3)65-59(62)53-50-47-44-42-40-38-36-33-24-22-20-18-16-14-11-8-5-2/h7,10,15,17,21,23,26-27,56H,4-6,8-9,11-14,16,18-20,22,24-25,28-55H2,1-3H3/b10-7-,17-15-,23-21-,27-26-. The van der Waals surface area contributed by atoms with Crippen molar-refractivity contribution in [2.45, 2.75) is 297 Å². The summed E-state index contributed by atoms with van der Waals surface area (Å²) in [5, 5.41) is 0. The van der Waals surface area contributed by atoms with Crippen molar-refractivity contribution in [3.8, 4) is 0 Å². The monoisotopic (exact) mass is 911 g/mol. The van der Waals surface area contributed by atoms with Crippen molar-refractivity contribution in [1.82, 2.24) is 0 Å². The highest BCUT2D eigenvalue weighted by Gasteiger charge is 2.19. The molecule has 1 unspecified atom stereocenters. The van der Waals surface area contributed by atoms with Crippen molar-refractivity contribution in [1.29, 1.82) is 0 Å². The number of rotatable bonds is 51. The van der Waals surface area contributed by atoms with Gasteiger partial charge >= 0.3 is 17.9 Å². The van der Waals surface area contributed by atoms with E-state index in [4.69, 9.17) is 14.2 Å². The number of hydrogen-bond donors (Lipinski definition) is 0. The maximum Gasteiger partial charge on any atom is 0.306 e. The van der Waals surface area contributed by atoms with E-state index in [0.29, 0.717) is 19.3 Å². The SMILES string of the molecule is CC/C=C\C/C=C\C/C=C\C/C=C\CCCCCCCCCCCCCCC(=O)OCC(COC(=O)CCCCCCC)OC(=O)CCCCCCCCCCCCCCCCCCC. The topological polar surface area (TPSA) is 78.9 Å². The number of ether oxygens (including phenoxy) is 3. The van der Waals surface area contributed by atoms with E-state index in [-0.39, 0.29) is 31.1 Å². The Morgan fingerprint density at radius 2 is 0.600 bits per heavy atom. The third-order valence-corrected chi connectivity index (χ3v) is 12.3. The van der Waals surface area contributed by atoms with Gasteiger partial charge in [0.05, 0.1) is 0 Å². The average molecular weight is 911 g/mol. The van der Waals surface area contributed by atoms with E-state index in [9.17, 15) is 14.4 Å². The second kappa shape index (κ2) is 54.0. The van der Waals surface area contributed by atoms with Gasteiger partial charge in [0.2, 0.25) is 0 Å². The van der Waals surface area contributed by atoms with Crippen LogP contribution in [0.1, 0.15) is 290 Å². The first-order chi connectivity index (χ1) is 32.0. The van der Waals surface area contributed by atoms with Crippen LogP contribution in [0.4, 0.5) is 0 Å². The van der Waals surface area contributed by atoms with Crippen LogP contribution >= 0.6 is 0 Å². The highest BCUT2D eigenvalue weighted by molar-refractivity contribution is 5.71. The second-order valence-corrected chi connectivity index (χ2v) is 18.8. The molecule has 0 heterocycles. The lowest BCUT2D eigenvalue weighted by Gasteiger charge is -2.18. The molecule has 0 amide bonds. The summed E-state index contributed by atoms with van der Waals surface area (Å²) in [6.07, 6.45) is 65.7. The summed E-state index contributed by atoms with van der Waals surface area (Å²) in [6.45, 7) is 6.48. The maximum atomic E-state index is 12.8. The van der Waals surface area contributed by atoms with Crippen LogP contribution in [-0.4, -0.2) is 37.2 Å². The summed E-state index contributed by atoms with van der Waals surface area (Å²) < 4.78 is 16.7. The first-order valence-electron chi connectivity index (χ1n) is 28.1. The summed E-state index contributed by atoms with van der Waals surface area (Å²) in [7, 11) is 0. The quantitative estimate of drug-likeness (QED) is 0.0262. The fourth-order valence-corrected chi connectivity index (χ4v) is 8.14. The molecule has 0 spiro atoms. The minimum Gasteiger partial charge on any atom is -0.462 e. The van der Waals surface area contributed by atoms with E-state index in [1.54, 1.807) is 0 Å². The van der Waals surface area contributed by atoms with Crippen LogP contribution in [0.15, 0.2) is 48.6 Å². The van der Waals surface area contributed by atoms with Gasteiger partial charge in [0.25, 0.3) is 0 Å². The van der Waals surface area contributed by atoms with Crippen LogP contribution in [0.2, 0.25) is 0 Å². The highest BCUT2D eigenvalue weighted by atomic mass is 16.6. The smallest absolute Gasteiger partial charge is 0.306 e. The van der Waals surface area contributed by atoms with Gasteiger partial charge in [-0.25, -0.2) is 0 Å². The molecule has 6 nitrogen and oxygen atoms in total. The molecule has 0 fully saturated rings. The van der Waals surface area contributed by atoms with Gasteiger partial charge in [0.15, 0.2) is 6.10 Å². The van der Waals surface area contributed by atoms with Crippen molar-refractivity contribution in [2.75, 3.05) is 13.2 Å². The van der Waals surface area contributed by atoms with E-state index in [1.165, 1.54) is 161 Å². The third-order valence-electron chi connectivity index (χ3n) is 12.3. The summed E-state index contributed by atoms with van der Waals surface area (Å²) >= 11 is 0. The molecule has 0 N–H and O–H groups in total. The Kier molecular flexibility index (Phi) is 51.8. The van der Waals surface area contributed by atoms with Crippen molar-refractivity contribution >= 4 is 17.9 Å². The van der Waals surface area contributed by atoms with Gasteiger partial charge in [0.1, 0.15) is 13.2 Å². The van der Waals surface area contributed by atoms with Crippen LogP contribution < -0.4 is 0 Å². The lowest BCUT2D eigenvalue weighted by molar-refractivity contribution is -0.167. The Bertz CT molecular complexity index is 1140. The van der Waals surface area contributed by atoms with E-state index >= 15 is 0 Å². The number of allylic oxidation sites excluding steroid dienone is 8. The molecular weight excluding hydrogens is 805 g/mol. The van der Waals surface area contributed by atoms with Crippen LogP contribution in [0.5, 0.6) is 0 Å². The van der Waals surface area contributed by atoms with Crippen molar-refractivity contribution in [2.24, 2.45) is 0 Å². The normalized spacial score (nSPS) is 12.4. The Balaban J connectivity index is 4.05. The number of carbonyl (C=O) groups is 3. The fourth-order valence-electron chi connectivity index (χ4n) is 8.14. The van der Waals surface area contributed by atoms with Gasteiger partial charge in [-0.3, -0.25) is 14.4 Å². The van der Waals surface area contributed by atoms with Crippen LogP contribution in [0.25, 0.3) is 0 Å². The zero-order valence-corrected chi connectivity index (χ0v) is 43.3. The summed E-state index contributed by atoms with van der Waals surface area (Å²) in [5.74, 6) is -0.873. The molecule has 0 aromatic rings. The molecule has 0 aromatic carbocycles. The number of unbranched alkanes of at least 4 members (excludes halogenated alkanes) is 32. The first kappa shape index (κ1) is 62.4. The highest BCUT2D eigenvalue weighted by Crippen LogP contribution is 2.17. The molecular formula is C59H106O6. The molecule has 0 aliphatic rings. The summed E-state index contributed by atoms with van der Waals surface area (Å²) in [4.78, 5) is 37.8. The number of esters is 3. The Morgan fingerprint density at radius 3 is 0.938 bits per heavy atom. The minimum atomic E-state index is -0.766. The van der Waals surface area contributed by atoms with Gasteiger partial charge in [-0.15, -0.1) is 0 Å². The maximum absolute atomic E-state index is 12.8. The fraction of sp³-hybridized carbons (Fsp3) is 0.814. The molecule has 65 heavy (non-hydrogen) atoms. The summed E-state index contributed by atoms with van der Waals surface area (Å²) in [6, 6.07) is 0. The first-order valence-corrected chi connectivity index (χ1v) is 28.1. The predicted molar refractivity (Wildman–Crippen MR) is 279 cm³/mol. The molecule has 0 saturated heterocycles. The Labute approximate surface area is 403 Å². The van der Waals surface area contributed by atoms with Crippen LogP contribution in [0.3, 0.4) is 0 Å². The van der Waals surface area contributed by atoms with Gasteiger partial charge in [0, 0.05) is 19.3 Å². The molecule has 0 rings (SSSR count). The molecule has 6 heteroatoms. The summed E-state index contributed by atoms with van der Waals surface area (Å²) in [5.41, 5.74) is 0. The number of carbonyl (C=O) groups excluding carboxylic acids is 3. The minimum absolute atomic E-state index is 0.0707. The van der Waals surface area contributed by atoms with Crippen LogP contribution in [0, 0.1) is 0 Å². The second-order valence-electron chi connectivity index (χ2n) is 18.8. The number of hydrogen-bond acceptors (Lipinski definition) is 6. The lowest BCUT2D eigenvalue weighted by atomic mass is 10.0.